The van der Waals surface area contributed by atoms with Gasteiger partial charge in [0.1, 0.15) is 5.69 Å². The molecular weight excluding hydrogens is 368 g/mol. The van der Waals surface area contributed by atoms with E-state index in [-0.39, 0.29) is 17.9 Å². The summed E-state index contributed by atoms with van der Waals surface area (Å²) in [6, 6.07) is 9.31. The minimum atomic E-state index is -0.634. The zero-order valence-corrected chi connectivity index (χ0v) is 16.8. The van der Waals surface area contributed by atoms with E-state index in [4.69, 9.17) is 0 Å². The number of hydrogen-bond acceptors (Lipinski definition) is 5. The van der Waals surface area contributed by atoms with E-state index in [0.29, 0.717) is 38.0 Å². The summed E-state index contributed by atoms with van der Waals surface area (Å²) < 4.78 is 0. The number of hydrogen-bond donors (Lipinski definition) is 1. The van der Waals surface area contributed by atoms with Crippen LogP contribution in [-0.4, -0.2) is 62.9 Å². The van der Waals surface area contributed by atoms with Crippen molar-refractivity contribution < 1.29 is 14.7 Å². The van der Waals surface area contributed by atoms with Crippen LogP contribution in [0.5, 0.6) is 0 Å². The first kappa shape index (κ1) is 19.5. The minimum Gasteiger partial charge on any atom is -0.391 e. The molecule has 0 unspecified atom stereocenters. The highest BCUT2D eigenvalue weighted by Gasteiger charge is 2.51. The van der Waals surface area contributed by atoms with E-state index in [0.717, 1.165) is 11.3 Å². The Morgan fingerprint density at radius 3 is 2.45 bits per heavy atom. The van der Waals surface area contributed by atoms with Crippen LogP contribution in [0.2, 0.25) is 0 Å². The van der Waals surface area contributed by atoms with E-state index >= 15 is 0 Å². The first-order chi connectivity index (χ1) is 13.9. The van der Waals surface area contributed by atoms with Crippen molar-refractivity contribution in [3.05, 3.63) is 59.7 Å². The number of likely N-dealkylation sites (tertiary alicyclic amines) is 2. The highest BCUT2D eigenvalue weighted by Crippen LogP contribution is 2.46. The van der Waals surface area contributed by atoms with Gasteiger partial charge in [-0.25, -0.2) is 4.98 Å². The summed E-state index contributed by atoms with van der Waals surface area (Å²) >= 11 is 0. The molecule has 1 spiro atoms. The minimum absolute atomic E-state index is 0.0545. The molecule has 7 heteroatoms. The number of rotatable bonds is 2. The molecule has 7 nitrogen and oxygen atoms in total. The summed E-state index contributed by atoms with van der Waals surface area (Å²) in [6.45, 7) is 2.76. The van der Waals surface area contributed by atoms with Crippen molar-refractivity contribution in [2.75, 3.05) is 20.1 Å². The maximum Gasteiger partial charge on any atom is 0.274 e. The van der Waals surface area contributed by atoms with Gasteiger partial charge in [0, 0.05) is 26.3 Å². The van der Waals surface area contributed by atoms with Gasteiger partial charge in [0.15, 0.2) is 0 Å². The first-order valence-electron chi connectivity index (χ1n) is 9.99. The summed E-state index contributed by atoms with van der Waals surface area (Å²) in [7, 11) is 1.77. The standard InChI is InChI=1S/C22H26N4O3/c1-15-13-24-17(14-23-15)20(28)26-10-8-22(9-11-26)12-18(27)19(25(2)21(22)29)16-6-4-3-5-7-16/h3-7,13-14,18-19,27H,8-12H2,1-2H3/t18-,19+/m1/s1. The predicted octanol–water partition coefficient (Wildman–Crippen LogP) is 1.97. The van der Waals surface area contributed by atoms with Gasteiger partial charge in [-0.3, -0.25) is 14.6 Å². The molecule has 2 aromatic rings. The highest BCUT2D eigenvalue weighted by atomic mass is 16.3. The molecule has 2 aliphatic heterocycles. The number of aliphatic hydroxyl groups excluding tert-OH is 1. The topological polar surface area (TPSA) is 86.6 Å². The Morgan fingerprint density at radius 1 is 1.14 bits per heavy atom. The number of nitrogens with zero attached hydrogens (tertiary/aromatic N) is 4. The normalized spacial score (nSPS) is 24.0. The van der Waals surface area contributed by atoms with Crippen LogP contribution in [0.15, 0.2) is 42.7 Å². The van der Waals surface area contributed by atoms with Crippen LogP contribution in [0.3, 0.4) is 0 Å². The second-order valence-corrected chi connectivity index (χ2v) is 8.16. The van der Waals surface area contributed by atoms with Crippen LogP contribution in [0.1, 0.15) is 47.1 Å². The van der Waals surface area contributed by atoms with Gasteiger partial charge in [-0.05, 0) is 31.7 Å². The molecule has 2 fully saturated rings. The Morgan fingerprint density at radius 2 is 1.83 bits per heavy atom. The zero-order valence-electron chi connectivity index (χ0n) is 16.8. The molecule has 0 aliphatic carbocycles. The fraction of sp³-hybridized carbons (Fsp3) is 0.455. The van der Waals surface area contributed by atoms with Gasteiger partial charge in [-0.15, -0.1) is 0 Å². The van der Waals surface area contributed by atoms with Crippen molar-refractivity contribution in [3.63, 3.8) is 0 Å². The quantitative estimate of drug-likeness (QED) is 0.842. The average Bonchev–Trinajstić information content (AvgIpc) is 2.74. The van der Waals surface area contributed by atoms with Crippen LogP contribution in [0, 0.1) is 12.3 Å². The van der Waals surface area contributed by atoms with Gasteiger partial charge in [0.05, 0.1) is 29.5 Å². The molecule has 0 saturated carbocycles. The van der Waals surface area contributed by atoms with Gasteiger partial charge in [0.25, 0.3) is 5.91 Å². The average molecular weight is 394 g/mol. The van der Waals surface area contributed by atoms with Crippen molar-refractivity contribution in [1.82, 2.24) is 19.8 Å². The van der Waals surface area contributed by atoms with Crippen LogP contribution >= 0.6 is 0 Å². The Kier molecular flexibility index (Phi) is 5.08. The van der Waals surface area contributed by atoms with Crippen LogP contribution < -0.4 is 0 Å². The fourth-order valence-corrected chi connectivity index (χ4v) is 4.67. The second kappa shape index (κ2) is 7.55. The van der Waals surface area contributed by atoms with Gasteiger partial charge in [-0.2, -0.15) is 0 Å². The molecule has 2 saturated heterocycles. The number of piperidine rings is 2. The molecule has 0 bridgehead atoms. The van der Waals surface area contributed by atoms with Gasteiger partial charge < -0.3 is 14.9 Å². The number of carbonyl (C=O) groups excluding carboxylic acids is 2. The van der Waals surface area contributed by atoms with Crippen LogP contribution in [0.4, 0.5) is 0 Å². The second-order valence-electron chi connectivity index (χ2n) is 8.16. The van der Waals surface area contributed by atoms with Crippen molar-refractivity contribution in [1.29, 1.82) is 0 Å². The van der Waals surface area contributed by atoms with Gasteiger partial charge >= 0.3 is 0 Å². The molecule has 2 aliphatic rings. The van der Waals surface area contributed by atoms with Crippen LogP contribution in [0.25, 0.3) is 0 Å². The lowest BCUT2D eigenvalue weighted by atomic mass is 9.68. The third-order valence-corrected chi connectivity index (χ3v) is 6.30. The summed E-state index contributed by atoms with van der Waals surface area (Å²) in [6.07, 6.45) is 3.95. The Balaban J connectivity index is 1.47. The third kappa shape index (κ3) is 3.51. The lowest BCUT2D eigenvalue weighted by Gasteiger charge is -2.50. The molecule has 1 aromatic heterocycles. The number of aromatic nitrogens is 2. The summed E-state index contributed by atoms with van der Waals surface area (Å²) in [5.74, 6) is -0.106. The SMILES string of the molecule is Cc1cnc(C(=O)N2CCC3(CC2)C[C@@H](O)[C@H](c2ccccc2)N(C)C3=O)cn1. The number of amides is 2. The molecule has 152 valence electrons. The number of benzene rings is 1. The van der Waals surface area contributed by atoms with E-state index in [2.05, 4.69) is 9.97 Å². The molecule has 1 aromatic carbocycles. The Bertz CT molecular complexity index is 892. The van der Waals surface area contributed by atoms with E-state index in [9.17, 15) is 14.7 Å². The van der Waals surface area contributed by atoms with Gasteiger partial charge in [0.2, 0.25) is 5.91 Å². The first-order valence-corrected chi connectivity index (χ1v) is 9.99. The van der Waals surface area contributed by atoms with Gasteiger partial charge in [-0.1, -0.05) is 30.3 Å². The Labute approximate surface area is 170 Å². The zero-order chi connectivity index (χ0) is 20.6. The van der Waals surface area contributed by atoms with Crippen molar-refractivity contribution >= 4 is 11.8 Å². The molecule has 0 radical (unpaired) electrons. The number of aliphatic hydroxyl groups is 1. The molecule has 3 heterocycles. The predicted molar refractivity (Wildman–Crippen MR) is 107 cm³/mol. The lowest BCUT2D eigenvalue weighted by Crippen LogP contribution is -2.58. The third-order valence-electron chi connectivity index (χ3n) is 6.30. The lowest BCUT2D eigenvalue weighted by molar-refractivity contribution is -0.161. The van der Waals surface area contributed by atoms with Crippen LogP contribution in [-0.2, 0) is 4.79 Å². The largest absolute Gasteiger partial charge is 0.391 e. The highest BCUT2D eigenvalue weighted by molar-refractivity contribution is 5.92. The molecular formula is C22H26N4O3. The molecule has 1 N–H and O–H groups in total. The number of aryl methyl sites for hydroxylation is 1. The smallest absolute Gasteiger partial charge is 0.274 e. The number of likely N-dealkylation sites (N-methyl/N-ethyl adjacent to an activating group) is 1. The van der Waals surface area contributed by atoms with E-state index in [1.165, 1.54) is 6.20 Å². The van der Waals surface area contributed by atoms with Crippen molar-refractivity contribution in [2.45, 2.75) is 38.3 Å². The fourth-order valence-electron chi connectivity index (χ4n) is 4.67. The van der Waals surface area contributed by atoms with E-state index < -0.39 is 11.5 Å². The summed E-state index contributed by atoms with van der Waals surface area (Å²) in [4.78, 5) is 37.7. The Hall–Kier alpha value is -2.80. The summed E-state index contributed by atoms with van der Waals surface area (Å²) in [5.41, 5.74) is 1.41. The molecule has 4 rings (SSSR count). The number of carbonyl (C=O) groups is 2. The maximum absolute atomic E-state index is 13.3. The monoisotopic (exact) mass is 394 g/mol. The molecule has 29 heavy (non-hydrogen) atoms. The molecule has 2 atom stereocenters. The summed E-state index contributed by atoms with van der Waals surface area (Å²) in [5, 5.41) is 10.9. The van der Waals surface area contributed by atoms with Crippen molar-refractivity contribution in [3.8, 4) is 0 Å². The molecule has 2 amide bonds. The van der Waals surface area contributed by atoms with E-state index in [1.807, 2.05) is 37.3 Å². The maximum atomic E-state index is 13.3. The van der Waals surface area contributed by atoms with Crippen molar-refractivity contribution in [2.24, 2.45) is 5.41 Å². The van der Waals surface area contributed by atoms with E-state index in [1.54, 1.807) is 23.0 Å².